The van der Waals surface area contributed by atoms with Gasteiger partial charge in [-0.05, 0) is 38.7 Å². The Morgan fingerprint density at radius 3 is 2.79 bits per heavy atom. The zero-order chi connectivity index (χ0) is 10.6. The van der Waals surface area contributed by atoms with Gasteiger partial charge in [-0.25, -0.2) is 0 Å². The van der Waals surface area contributed by atoms with Crippen molar-refractivity contribution in [2.24, 2.45) is 0 Å². The van der Waals surface area contributed by atoms with E-state index in [1.54, 1.807) is 0 Å². The molecular weight excluding hydrogens is 194 g/mol. The molecule has 0 saturated heterocycles. The Balaban J connectivity index is 2.39. The molecule has 1 heterocycles. The predicted molar refractivity (Wildman–Crippen MR) is 63.8 cm³/mol. The Labute approximate surface area is 89.2 Å². The van der Waals surface area contributed by atoms with Crippen molar-refractivity contribution in [3.05, 3.63) is 17.2 Å². The van der Waals surface area contributed by atoms with E-state index in [1.165, 1.54) is 17.1 Å². The summed E-state index contributed by atoms with van der Waals surface area (Å²) in [6.07, 6.45) is 3.26. The predicted octanol–water partition coefficient (Wildman–Crippen LogP) is 2.80. The minimum Gasteiger partial charge on any atom is -0.383 e. The number of allylic oxidation sites excluding steroid dienone is 1. The van der Waals surface area contributed by atoms with E-state index in [4.69, 9.17) is 5.73 Å². The average Bonchev–Trinajstić information content (AvgIpc) is 2.43. The largest absolute Gasteiger partial charge is 0.383 e. The van der Waals surface area contributed by atoms with Gasteiger partial charge in [0, 0.05) is 12.1 Å². The molecule has 0 spiro atoms. The number of nitrogens with zero attached hydrogens (tertiary/aromatic N) is 1. The van der Waals surface area contributed by atoms with Crippen molar-refractivity contribution in [2.45, 2.75) is 27.2 Å². The highest BCUT2D eigenvalue weighted by Crippen LogP contribution is 2.24. The van der Waals surface area contributed by atoms with Crippen LogP contribution >= 0.6 is 11.5 Å². The third kappa shape index (κ3) is 3.03. The normalized spacial score (nSPS) is 9.93. The van der Waals surface area contributed by atoms with Crippen molar-refractivity contribution in [3.8, 4) is 0 Å². The van der Waals surface area contributed by atoms with E-state index in [0.29, 0.717) is 5.82 Å². The van der Waals surface area contributed by atoms with Gasteiger partial charge in [-0.3, -0.25) is 0 Å². The van der Waals surface area contributed by atoms with Gasteiger partial charge < -0.3 is 11.1 Å². The van der Waals surface area contributed by atoms with Gasteiger partial charge in [-0.15, -0.1) is 0 Å². The van der Waals surface area contributed by atoms with Crippen LogP contribution in [0, 0.1) is 6.92 Å². The summed E-state index contributed by atoms with van der Waals surface area (Å²) in [6, 6.07) is 0. The quantitative estimate of drug-likeness (QED) is 0.595. The average molecular weight is 211 g/mol. The molecule has 3 N–H and O–H groups in total. The fourth-order valence-electron chi connectivity index (χ4n) is 1.06. The zero-order valence-electron chi connectivity index (χ0n) is 8.92. The molecule has 0 atom stereocenters. The van der Waals surface area contributed by atoms with Gasteiger partial charge >= 0.3 is 0 Å². The number of nitrogen functional groups attached to an aromatic ring is 1. The first-order valence-electron chi connectivity index (χ1n) is 4.70. The van der Waals surface area contributed by atoms with Crippen molar-refractivity contribution in [1.82, 2.24) is 4.37 Å². The van der Waals surface area contributed by atoms with E-state index >= 15 is 0 Å². The van der Waals surface area contributed by atoms with Gasteiger partial charge in [0.2, 0.25) is 0 Å². The molecule has 1 aromatic heterocycles. The van der Waals surface area contributed by atoms with Crippen LogP contribution in [0.4, 0.5) is 10.8 Å². The van der Waals surface area contributed by atoms with Crippen molar-refractivity contribution in [1.29, 1.82) is 0 Å². The standard InChI is InChI=1S/C10H17N3S/c1-7(2)5-4-6-12-10-8(3)9(11)13-14-10/h5,12H,4,6H2,1-3H3,(H2,11,13). The third-order valence-electron chi connectivity index (χ3n) is 1.94. The minimum atomic E-state index is 0.639. The smallest absolute Gasteiger partial charge is 0.142 e. The molecule has 0 radical (unpaired) electrons. The fourth-order valence-corrected chi connectivity index (χ4v) is 1.79. The van der Waals surface area contributed by atoms with E-state index in [1.807, 2.05) is 6.92 Å². The maximum atomic E-state index is 5.64. The summed E-state index contributed by atoms with van der Waals surface area (Å²) in [5.74, 6) is 0.639. The monoisotopic (exact) mass is 211 g/mol. The van der Waals surface area contributed by atoms with Crippen LogP contribution in [0.3, 0.4) is 0 Å². The summed E-state index contributed by atoms with van der Waals surface area (Å²) in [7, 11) is 0. The molecule has 4 heteroatoms. The Morgan fingerprint density at radius 1 is 1.57 bits per heavy atom. The lowest BCUT2D eigenvalue weighted by atomic mass is 10.2. The molecule has 1 rings (SSSR count). The van der Waals surface area contributed by atoms with Crippen LogP contribution < -0.4 is 11.1 Å². The molecule has 0 fully saturated rings. The van der Waals surface area contributed by atoms with Gasteiger partial charge in [0.25, 0.3) is 0 Å². The van der Waals surface area contributed by atoms with E-state index in [9.17, 15) is 0 Å². The Hall–Kier alpha value is -1.03. The lowest BCUT2D eigenvalue weighted by molar-refractivity contribution is 1.05. The van der Waals surface area contributed by atoms with Gasteiger partial charge in [-0.2, -0.15) is 4.37 Å². The molecule has 0 unspecified atom stereocenters. The molecular formula is C10H17N3S. The van der Waals surface area contributed by atoms with Gasteiger partial charge in [0.05, 0.1) is 0 Å². The summed E-state index contributed by atoms with van der Waals surface area (Å²) >= 11 is 1.43. The SMILES string of the molecule is CC(C)=CCCNc1snc(N)c1C. The maximum Gasteiger partial charge on any atom is 0.142 e. The fraction of sp³-hybridized carbons (Fsp3) is 0.500. The molecule has 0 aromatic carbocycles. The van der Waals surface area contributed by atoms with Gasteiger partial charge in [-0.1, -0.05) is 11.6 Å². The molecule has 1 aromatic rings. The summed E-state index contributed by atoms with van der Waals surface area (Å²) in [4.78, 5) is 0. The first-order chi connectivity index (χ1) is 6.61. The number of anilines is 2. The van der Waals surface area contributed by atoms with E-state index < -0.39 is 0 Å². The number of hydrogen-bond acceptors (Lipinski definition) is 4. The van der Waals surface area contributed by atoms with Crippen LogP contribution in [0.25, 0.3) is 0 Å². The lowest BCUT2D eigenvalue weighted by Crippen LogP contribution is -2.00. The van der Waals surface area contributed by atoms with Crippen molar-refractivity contribution in [3.63, 3.8) is 0 Å². The second-order valence-electron chi connectivity index (χ2n) is 3.52. The number of hydrogen-bond donors (Lipinski definition) is 2. The van der Waals surface area contributed by atoms with E-state index in [0.717, 1.165) is 23.5 Å². The van der Waals surface area contributed by atoms with Crippen LogP contribution in [0.1, 0.15) is 25.8 Å². The van der Waals surface area contributed by atoms with Crippen LogP contribution in [-0.2, 0) is 0 Å². The summed E-state index contributed by atoms with van der Waals surface area (Å²) in [5.41, 5.74) is 8.06. The Bertz CT molecular complexity index is 324. The molecule has 0 aliphatic heterocycles. The van der Waals surface area contributed by atoms with Crippen molar-refractivity contribution < 1.29 is 0 Å². The molecule has 78 valence electrons. The Morgan fingerprint density at radius 2 is 2.29 bits per heavy atom. The Kier molecular flexibility index (Phi) is 3.95. The molecule has 0 amide bonds. The lowest BCUT2D eigenvalue weighted by Gasteiger charge is -2.01. The molecule has 0 bridgehead atoms. The molecule has 0 aliphatic rings. The van der Waals surface area contributed by atoms with Crippen LogP contribution in [0.2, 0.25) is 0 Å². The summed E-state index contributed by atoms with van der Waals surface area (Å²) in [5, 5.41) is 4.41. The molecule has 0 saturated carbocycles. The van der Waals surface area contributed by atoms with E-state index in [-0.39, 0.29) is 0 Å². The third-order valence-corrected chi connectivity index (χ3v) is 2.86. The highest BCUT2D eigenvalue weighted by molar-refractivity contribution is 7.10. The first kappa shape index (κ1) is 11.0. The molecule has 14 heavy (non-hydrogen) atoms. The molecule has 0 aliphatic carbocycles. The number of rotatable bonds is 4. The van der Waals surface area contributed by atoms with Crippen LogP contribution in [-0.4, -0.2) is 10.9 Å². The number of nitrogens with one attached hydrogen (secondary N) is 1. The molecule has 3 nitrogen and oxygen atoms in total. The van der Waals surface area contributed by atoms with Gasteiger partial charge in [0.15, 0.2) is 0 Å². The number of aromatic nitrogens is 1. The second kappa shape index (κ2) is 5.00. The zero-order valence-corrected chi connectivity index (χ0v) is 9.74. The van der Waals surface area contributed by atoms with Crippen LogP contribution in [0.5, 0.6) is 0 Å². The van der Waals surface area contributed by atoms with Crippen LogP contribution in [0.15, 0.2) is 11.6 Å². The van der Waals surface area contributed by atoms with E-state index in [2.05, 4.69) is 29.6 Å². The maximum absolute atomic E-state index is 5.64. The van der Waals surface area contributed by atoms with Crippen molar-refractivity contribution in [2.75, 3.05) is 17.6 Å². The highest BCUT2D eigenvalue weighted by atomic mass is 32.1. The minimum absolute atomic E-state index is 0.639. The second-order valence-corrected chi connectivity index (χ2v) is 4.29. The van der Waals surface area contributed by atoms with Crippen molar-refractivity contribution >= 4 is 22.4 Å². The van der Waals surface area contributed by atoms with Gasteiger partial charge in [0.1, 0.15) is 10.8 Å². The topological polar surface area (TPSA) is 50.9 Å². The summed E-state index contributed by atoms with van der Waals surface area (Å²) in [6.45, 7) is 7.14. The highest BCUT2D eigenvalue weighted by Gasteiger charge is 2.04. The summed E-state index contributed by atoms with van der Waals surface area (Å²) < 4.78 is 4.07. The number of nitrogens with two attached hydrogens (primary N) is 1. The first-order valence-corrected chi connectivity index (χ1v) is 5.47.